The van der Waals surface area contributed by atoms with Gasteiger partial charge >= 0.3 is 0 Å². The second-order valence-electron chi connectivity index (χ2n) is 4.66. The molecule has 1 aliphatic heterocycles. The van der Waals surface area contributed by atoms with E-state index in [1.165, 1.54) is 16.7 Å². The Balaban J connectivity index is 2.06. The number of hydrogen-bond acceptors (Lipinski definition) is 2. The fraction of sp³-hybridized carbons (Fsp3) is 0.538. The number of fused-ring (bicyclic) bond motifs is 1. The molecule has 2 heteroatoms. The SMILES string of the molecule is CC(O)CCc1ccc2c(c1)CN(C)C2. The van der Waals surface area contributed by atoms with Gasteiger partial charge in [0.2, 0.25) is 0 Å². The van der Waals surface area contributed by atoms with Gasteiger partial charge in [0.05, 0.1) is 6.10 Å². The Labute approximate surface area is 91.5 Å². The molecule has 1 aliphatic rings. The van der Waals surface area contributed by atoms with Crippen molar-refractivity contribution in [3.63, 3.8) is 0 Å². The molecule has 15 heavy (non-hydrogen) atoms. The summed E-state index contributed by atoms with van der Waals surface area (Å²) in [4.78, 5) is 2.32. The number of aliphatic hydroxyl groups is 1. The van der Waals surface area contributed by atoms with Crippen molar-refractivity contribution in [2.75, 3.05) is 7.05 Å². The van der Waals surface area contributed by atoms with E-state index in [2.05, 4.69) is 30.1 Å². The summed E-state index contributed by atoms with van der Waals surface area (Å²) in [6.45, 7) is 3.99. The minimum Gasteiger partial charge on any atom is -0.393 e. The minimum absolute atomic E-state index is 0.194. The number of aryl methyl sites for hydroxylation is 1. The maximum atomic E-state index is 9.24. The minimum atomic E-state index is -0.194. The molecule has 1 atom stereocenters. The van der Waals surface area contributed by atoms with E-state index in [1.54, 1.807) is 0 Å². The predicted octanol–water partition coefficient (Wildman–Crippen LogP) is 1.95. The summed E-state index contributed by atoms with van der Waals surface area (Å²) < 4.78 is 0. The van der Waals surface area contributed by atoms with Crippen molar-refractivity contribution in [3.8, 4) is 0 Å². The third kappa shape index (κ3) is 2.58. The van der Waals surface area contributed by atoms with Crippen molar-refractivity contribution in [3.05, 3.63) is 34.9 Å². The van der Waals surface area contributed by atoms with Crippen LogP contribution in [0.3, 0.4) is 0 Å². The fourth-order valence-corrected chi connectivity index (χ4v) is 2.15. The zero-order chi connectivity index (χ0) is 10.8. The summed E-state index contributed by atoms with van der Waals surface area (Å²) in [5, 5.41) is 9.24. The van der Waals surface area contributed by atoms with Gasteiger partial charge in [0.1, 0.15) is 0 Å². The van der Waals surface area contributed by atoms with Crippen LogP contribution in [0.15, 0.2) is 18.2 Å². The van der Waals surface area contributed by atoms with Gasteiger partial charge in [-0.05, 0) is 43.5 Å². The van der Waals surface area contributed by atoms with E-state index in [0.29, 0.717) is 0 Å². The summed E-state index contributed by atoms with van der Waals surface area (Å²) in [5.74, 6) is 0. The Bertz CT molecular complexity index is 346. The molecule has 0 aliphatic carbocycles. The van der Waals surface area contributed by atoms with Crippen molar-refractivity contribution in [2.45, 2.75) is 39.0 Å². The second-order valence-corrected chi connectivity index (χ2v) is 4.66. The maximum Gasteiger partial charge on any atom is 0.0515 e. The highest BCUT2D eigenvalue weighted by Gasteiger charge is 2.15. The molecule has 0 aromatic heterocycles. The topological polar surface area (TPSA) is 23.5 Å². The van der Waals surface area contributed by atoms with Crippen LogP contribution in [0.2, 0.25) is 0 Å². The van der Waals surface area contributed by atoms with Crippen LogP contribution in [0.5, 0.6) is 0 Å². The van der Waals surface area contributed by atoms with Crippen molar-refractivity contribution < 1.29 is 5.11 Å². The van der Waals surface area contributed by atoms with Crippen molar-refractivity contribution in [1.82, 2.24) is 4.90 Å². The average molecular weight is 205 g/mol. The van der Waals surface area contributed by atoms with Gasteiger partial charge in [0.25, 0.3) is 0 Å². The molecule has 2 rings (SSSR count). The first kappa shape index (κ1) is 10.7. The lowest BCUT2D eigenvalue weighted by Crippen LogP contribution is -2.07. The summed E-state index contributed by atoms with van der Waals surface area (Å²) >= 11 is 0. The van der Waals surface area contributed by atoms with E-state index in [0.717, 1.165) is 25.9 Å². The van der Waals surface area contributed by atoms with Crippen LogP contribution in [0, 0.1) is 0 Å². The molecule has 1 unspecified atom stereocenters. The molecule has 0 amide bonds. The highest BCUT2D eigenvalue weighted by molar-refractivity contribution is 5.34. The molecule has 1 heterocycles. The second kappa shape index (κ2) is 4.33. The van der Waals surface area contributed by atoms with E-state index in [1.807, 2.05) is 6.92 Å². The van der Waals surface area contributed by atoms with Crippen LogP contribution >= 0.6 is 0 Å². The zero-order valence-electron chi connectivity index (χ0n) is 9.53. The van der Waals surface area contributed by atoms with Gasteiger partial charge < -0.3 is 5.11 Å². The Hall–Kier alpha value is -0.860. The molecular formula is C13H19NO. The summed E-state index contributed by atoms with van der Waals surface area (Å²) in [6.07, 6.45) is 1.64. The molecule has 1 aromatic carbocycles. The molecule has 0 radical (unpaired) electrons. The summed E-state index contributed by atoms with van der Waals surface area (Å²) in [6, 6.07) is 6.72. The standard InChI is InChI=1S/C13H19NO/c1-10(15)3-4-11-5-6-12-8-14(2)9-13(12)7-11/h5-7,10,15H,3-4,8-9H2,1-2H3. The van der Waals surface area contributed by atoms with Crippen LogP contribution in [0.4, 0.5) is 0 Å². The lowest BCUT2D eigenvalue weighted by atomic mass is 10.0. The molecule has 1 aromatic rings. The maximum absolute atomic E-state index is 9.24. The van der Waals surface area contributed by atoms with Crippen molar-refractivity contribution >= 4 is 0 Å². The molecule has 0 bridgehead atoms. The van der Waals surface area contributed by atoms with Gasteiger partial charge in [-0.1, -0.05) is 18.2 Å². The van der Waals surface area contributed by atoms with Crippen LogP contribution < -0.4 is 0 Å². The van der Waals surface area contributed by atoms with Gasteiger partial charge in [-0.3, -0.25) is 4.90 Å². The van der Waals surface area contributed by atoms with Gasteiger partial charge in [0.15, 0.2) is 0 Å². The first-order chi connectivity index (χ1) is 7.15. The van der Waals surface area contributed by atoms with Crippen molar-refractivity contribution in [2.24, 2.45) is 0 Å². The molecule has 0 spiro atoms. The Morgan fingerprint density at radius 2 is 2.07 bits per heavy atom. The van der Waals surface area contributed by atoms with Crippen LogP contribution in [-0.2, 0) is 19.5 Å². The molecule has 2 nitrogen and oxygen atoms in total. The van der Waals surface area contributed by atoms with E-state index in [4.69, 9.17) is 0 Å². The summed E-state index contributed by atoms with van der Waals surface area (Å²) in [7, 11) is 2.15. The predicted molar refractivity (Wildman–Crippen MR) is 61.6 cm³/mol. The third-order valence-electron chi connectivity index (χ3n) is 3.00. The number of rotatable bonds is 3. The molecule has 0 saturated carbocycles. The number of hydrogen-bond donors (Lipinski definition) is 1. The molecule has 0 fully saturated rings. The van der Waals surface area contributed by atoms with Crippen LogP contribution in [0.25, 0.3) is 0 Å². The van der Waals surface area contributed by atoms with Crippen molar-refractivity contribution in [1.29, 1.82) is 0 Å². The van der Waals surface area contributed by atoms with E-state index >= 15 is 0 Å². The van der Waals surface area contributed by atoms with E-state index in [9.17, 15) is 5.11 Å². The number of benzene rings is 1. The van der Waals surface area contributed by atoms with E-state index in [-0.39, 0.29) is 6.10 Å². The highest BCUT2D eigenvalue weighted by atomic mass is 16.3. The lowest BCUT2D eigenvalue weighted by Gasteiger charge is -2.06. The van der Waals surface area contributed by atoms with Crippen LogP contribution in [0.1, 0.15) is 30.0 Å². The normalized spacial score (nSPS) is 17.8. The first-order valence-corrected chi connectivity index (χ1v) is 5.62. The van der Waals surface area contributed by atoms with Gasteiger partial charge in [0, 0.05) is 13.1 Å². The quantitative estimate of drug-likeness (QED) is 0.815. The van der Waals surface area contributed by atoms with Gasteiger partial charge in [-0.15, -0.1) is 0 Å². The molecule has 0 saturated heterocycles. The average Bonchev–Trinajstić information content (AvgIpc) is 2.53. The lowest BCUT2D eigenvalue weighted by molar-refractivity contribution is 0.185. The Morgan fingerprint density at radius 1 is 1.33 bits per heavy atom. The first-order valence-electron chi connectivity index (χ1n) is 5.62. The zero-order valence-corrected chi connectivity index (χ0v) is 9.53. The van der Waals surface area contributed by atoms with Gasteiger partial charge in [-0.2, -0.15) is 0 Å². The molecule has 82 valence electrons. The van der Waals surface area contributed by atoms with Crippen LogP contribution in [-0.4, -0.2) is 23.2 Å². The van der Waals surface area contributed by atoms with Gasteiger partial charge in [-0.25, -0.2) is 0 Å². The number of nitrogens with zero attached hydrogens (tertiary/aromatic N) is 1. The molecular weight excluding hydrogens is 186 g/mol. The Kier molecular flexibility index (Phi) is 3.08. The number of aliphatic hydroxyl groups excluding tert-OH is 1. The molecule has 1 N–H and O–H groups in total. The Morgan fingerprint density at radius 3 is 2.80 bits per heavy atom. The third-order valence-corrected chi connectivity index (χ3v) is 3.00. The smallest absolute Gasteiger partial charge is 0.0515 e. The fourth-order valence-electron chi connectivity index (χ4n) is 2.15. The highest BCUT2D eigenvalue weighted by Crippen LogP contribution is 2.22. The monoisotopic (exact) mass is 205 g/mol. The largest absolute Gasteiger partial charge is 0.393 e. The van der Waals surface area contributed by atoms with E-state index < -0.39 is 0 Å². The summed E-state index contributed by atoms with van der Waals surface area (Å²) in [5.41, 5.74) is 4.27.